The first-order valence-electron chi connectivity index (χ1n) is 6.89. The van der Waals surface area contributed by atoms with Crippen LogP contribution in [0.3, 0.4) is 0 Å². The van der Waals surface area contributed by atoms with E-state index in [-0.39, 0.29) is 17.9 Å². The predicted molar refractivity (Wildman–Crippen MR) is 73.0 cm³/mol. The summed E-state index contributed by atoms with van der Waals surface area (Å²) in [7, 11) is 0. The highest BCUT2D eigenvalue weighted by Gasteiger charge is 2.38. The maximum atomic E-state index is 12.2. The van der Waals surface area contributed by atoms with Gasteiger partial charge in [0, 0.05) is 0 Å². The van der Waals surface area contributed by atoms with Gasteiger partial charge in [-0.05, 0) is 24.2 Å². The second kappa shape index (κ2) is 5.57. The van der Waals surface area contributed by atoms with Crippen molar-refractivity contribution >= 4 is 5.91 Å². The van der Waals surface area contributed by atoms with Crippen LogP contribution in [0, 0.1) is 11.3 Å². The highest BCUT2D eigenvalue weighted by atomic mass is 16.3. The summed E-state index contributed by atoms with van der Waals surface area (Å²) in [6.45, 7) is 8.02. The summed E-state index contributed by atoms with van der Waals surface area (Å²) < 4.78 is 0. The van der Waals surface area contributed by atoms with Crippen molar-refractivity contribution in [1.82, 2.24) is 5.32 Å². The molecule has 0 heterocycles. The van der Waals surface area contributed by atoms with Crippen LogP contribution in [0.2, 0.25) is 0 Å². The number of hydrogen-bond acceptors (Lipinski definition) is 3. The number of nitrogens with two attached hydrogens (primary N) is 1. The van der Waals surface area contributed by atoms with E-state index in [2.05, 4.69) is 12.2 Å². The summed E-state index contributed by atoms with van der Waals surface area (Å²) in [5.41, 5.74) is 5.24. The molecular formula is C14H28N2O2. The fourth-order valence-corrected chi connectivity index (χ4v) is 2.69. The van der Waals surface area contributed by atoms with E-state index in [0.29, 0.717) is 5.92 Å². The molecule has 18 heavy (non-hydrogen) atoms. The molecule has 0 radical (unpaired) electrons. The number of amides is 1. The molecule has 1 saturated carbocycles. The lowest BCUT2D eigenvalue weighted by Crippen LogP contribution is -2.59. The molecule has 1 aliphatic carbocycles. The SMILES string of the molecule is CC1CCCC(CO)(NC(=O)[C@H](N)C(C)(C)C)C1. The fourth-order valence-electron chi connectivity index (χ4n) is 2.69. The molecule has 0 aliphatic heterocycles. The summed E-state index contributed by atoms with van der Waals surface area (Å²) in [6.07, 6.45) is 3.90. The van der Waals surface area contributed by atoms with Gasteiger partial charge in [-0.15, -0.1) is 0 Å². The van der Waals surface area contributed by atoms with Gasteiger partial charge in [-0.1, -0.05) is 40.5 Å². The third kappa shape index (κ3) is 3.69. The average molecular weight is 256 g/mol. The molecule has 2 unspecified atom stereocenters. The minimum absolute atomic E-state index is 0.0000567. The monoisotopic (exact) mass is 256 g/mol. The van der Waals surface area contributed by atoms with Crippen molar-refractivity contribution in [2.24, 2.45) is 17.1 Å². The topological polar surface area (TPSA) is 75.3 Å². The zero-order chi connectivity index (χ0) is 14.0. The van der Waals surface area contributed by atoms with E-state index in [1.807, 2.05) is 20.8 Å². The Balaban J connectivity index is 2.71. The van der Waals surface area contributed by atoms with Gasteiger partial charge >= 0.3 is 0 Å². The van der Waals surface area contributed by atoms with E-state index in [1.165, 1.54) is 6.42 Å². The molecule has 106 valence electrons. The summed E-state index contributed by atoms with van der Waals surface area (Å²) in [4.78, 5) is 12.2. The van der Waals surface area contributed by atoms with Crippen LogP contribution in [0.25, 0.3) is 0 Å². The van der Waals surface area contributed by atoms with Gasteiger partial charge in [0.15, 0.2) is 0 Å². The summed E-state index contributed by atoms with van der Waals surface area (Å²) >= 11 is 0. The highest BCUT2D eigenvalue weighted by molar-refractivity contribution is 5.83. The Labute approximate surface area is 110 Å². The molecule has 1 rings (SSSR count). The van der Waals surface area contributed by atoms with Crippen molar-refractivity contribution in [1.29, 1.82) is 0 Å². The van der Waals surface area contributed by atoms with Crippen LogP contribution in [-0.4, -0.2) is 29.2 Å². The first-order chi connectivity index (χ1) is 8.20. The molecule has 0 spiro atoms. The Bertz CT molecular complexity index is 299. The van der Waals surface area contributed by atoms with Crippen LogP contribution < -0.4 is 11.1 Å². The first kappa shape index (κ1) is 15.4. The third-order valence-corrected chi connectivity index (χ3v) is 4.00. The van der Waals surface area contributed by atoms with Gasteiger partial charge in [-0.2, -0.15) is 0 Å². The van der Waals surface area contributed by atoms with Gasteiger partial charge in [0.2, 0.25) is 5.91 Å². The molecule has 0 aromatic rings. The maximum Gasteiger partial charge on any atom is 0.237 e. The number of nitrogens with one attached hydrogen (secondary N) is 1. The summed E-state index contributed by atoms with van der Waals surface area (Å²) in [6, 6.07) is -0.543. The van der Waals surface area contributed by atoms with Crippen LogP contribution in [0.15, 0.2) is 0 Å². The lowest BCUT2D eigenvalue weighted by atomic mass is 9.76. The van der Waals surface area contributed by atoms with Gasteiger partial charge in [-0.25, -0.2) is 0 Å². The minimum Gasteiger partial charge on any atom is -0.394 e. The smallest absolute Gasteiger partial charge is 0.237 e. The Morgan fingerprint density at radius 3 is 2.61 bits per heavy atom. The van der Waals surface area contributed by atoms with Crippen molar-refractivity contribution in [3.8, 4) is 0 Å². The van der Waals surface area contributed by atoms with Gasteiger partial charge in [0.1, 0.15) is 0 Å². The van der Waals surface area contributed by atoms with Gasteiger partial charge in [0.25, 0.3) is 0 Å². The van der Waals surface area contributed by atoms with Crippen LogP contribution in [0.5, 0.6) is 0 Å². The van der Waals surface area contributed by atoms with Crippen molar-refractivity contribution < 1.29 is 9.90 Å². The second-order valence-electron chi connectivity index (χ2n) is 6.97. The van der Waals surface area contributed by atoms with E-state index >= 15 is 0 Å². The Kier molecular flexibility index (Phi) is 4.78. The lowest BCUT2D eigenvalue weighted by molar-refractivity contribution is -0.127. The first-order valence-corrected chi connectivity index (χ1v) is 6.89. The number of aliphatic hydroxyl groups excluding tert-OH is 1. The number of carbonyl (C=O) groups excluding carboxylic acids is 1. The number of hydrogen-bond donors (Lipinski definition) is 3. The third-order valence-electron chi connectivity index (χ3n) is 4.00. The van der Waals surface area contributed by atoms with Crippen LogP contribution >= 0.6 is 0 Å². The van der Waals surface area contributed by atoms with Crippen molar-refractivity contribution in [3.05, 3.63) is 0 Å². The number of rotatable bonds is 3. The molecular weight excluding hydrogens is 228 g/mol. The van der Waals surface area contributed by atoms with Crippen LogP contribution in [0.4, 0.5) is 0 Å². The van der Waals surface area contributed by atoms with E-state index in [0.717, 1.165) is 19.3 Å². The highest BCUT2D eigenvalue weighted by Crippen LogP contribution is 2.32. The van der Waals surface area contributed by atoms with E-state index < -0.39 is 11.6 Å². The molecule has 0 aromatic heterocycles. The Hall–Kier alpha value is -0.610. The van der Waals surface area contributed by atoms with Crippen LogP contribution in [0.1, 0.15) is 53.4 Å². The fraction of sp³-hybridized carbons (Fsp3) is 0.929. The molecule has 4 heteroatoms. The number of carbonyl (C=O) groups is 1. The standard InChI is InChI=1S/C14H28N2O2/c1-10-6-5-7-14(8-10,9-17)16-12(18)11(15)13(2,3)4/h10-11,17H,5-9,15H2,1-4H3,(H,16,18)/t10?,11-,14?/m0/s1. The van der Waals surface area contributed by atoms with E-state index in [1.54, 1.807) is 0 Å². The van der Waals surface area contributed by atoms with Gasteiger partial charge in [0.05, 0.1) is 18.2 Å². The quantitative estimate of drug-likeness (QED) is 0.715. The van der Waals surface area contributed by atoms with Gasteiger partial charge < -0.3 is 16.2 Å². The summed E-state index contributed by atoms with van der Waals surface area (Å²) in [5, 5.41) is 12.6. The lowest BCUT2D eigenvalue weighted by Gasteiger charge is -2.41. The molecule has 1 fully saturated rings. The zero-order valence-corrected chi connectivity index (χ0v) is 12.1. The van der Waals surface area contributed by atoms with Crippen molar-refractivity contribution in [2.45, 2.75) is 65.0 Å². The predicted octanol–water partition coefficient (Wildman–Crippen LogP) is 1.42. The largest absolute Gasteiger partial charge is 0.394 e. The van der Waals surface area contributed by atoms with Crippen molar-refractivity contribution in [3.63, 3.8) is 0 Å². The van der Waals surface area contributed by atoms with E-state index in [9.17, 15) is 9.90 Å². The van der Waals surface area contributed by atoms with Gasteiger partial charge in [-0.3, -0.25) is 4.79 Å². The maximum absolute atomic E-state index is 12.2. The zero-order valence-electron chi connectivity index (χ0n) is 12.1. The van der Waals surface area contributed by atoms with Crippen molar-refractivity contribution in [2.75, 3.05) is 6.61 Å². The molecule has 1 aliphatic rings. The Morgan fingerprint density at radius 2 is 2.17 bits per heavy atom. The Morgan fingerprint density at radius 1 is 1.56 bits per heavy atom. The molecule has 4 N–H and O–H groups in total. The number of aliphatic hydroxyl groups is 1. The minimum atomic E-state index is -0.543. The average Bonchev–Trinajstić information content (AvgIpc) is 2.26. The summed E-state index contributed by atoms with van der Waals surface area (Å²) in [5.74, 6) is 0.391. The molecule has 0 aromatic carbocycles. The van der Waals surface area contributed by atoms with E-state index in [4.69, 9.17) is 5.73 Å². The normalized spacial score (nSPS) is 30.9. The van der Waals surface area contributed by atoms with Crippen LogP contribution in [-0.2, 0) is 4.79 Å². The molecule has 0 saturated heterocycles. The molecule has 4 nitrogen and oxygen atoms in total. The molecule has 3 atom stereocenters. The molecule has 1 amide bonds. The molecule has 0 bridgehead atoms. The second-order valence-corrected chi connectivity index (χ2v) is 6.97.